The summed E-state index contributed by atoms with van der Waals surface area (Å²) in [6.45, 7) is 0.224. The Morgan fingerprint density at radius 1 is 1.30 bits per heavy atom. The minimum Gasteiger partial charge on any atom is -0.487 e. The molecule has 0 unspecified atom stereocenters. The van der Waals surface area contributed by atoms with Crippen LogP contribution in [0.25, 0.3) is 10.9 Å². The average molecular weight is 333 g/mol. The van der Waals surface area contributed by atoms with Gasteiger partial charge in [0.15, 0.2) is 0 Å². The van der Waals surface area contributed by atoms with E-state index in [4.69, 9.17) is 33.1 Å². The Morgan fingerprint density at radius 3 is 2.70 bits per heavy atom. The molecule has 2 N–H and O–H groups in total. The van der Waals surface area contributed by atoms with Crippen LogP contribution in [0.15, 0.2) is 40.8 Å². The molecule has 106 valence electrons. The lowest BCUT2D eigenvalue weighted by molar-refractivity contribution is 0.366. The van der Waals surface area contributed by atoms with Crippen molar-refractivity contribution >= 4 is 44.1 Å². The van der Waals surface area contributed by atoms with Crippen LogP contribution in [0.3, 0.4) is 0 Å². The van der Waals surface area contributed by atoms with E-state index in [9.17, 15) is 8.42 Å². The number of benzene rings is 1. The number of hydrogen-bond donors (Lipinski definition) is 1. The number of nitrogens with two attached hydrogens (primary N) is 1. The summed E-state index contributed by atoms with van der Waals surface area (Å²) in [4.78, 5) is 4.06. The average Bonchev–Trinajstić information content (AvgIpc) is 2.37. The minimum atomic E-state index is -3.86. The van der Waals surface area contributed by atoms with Gasteiger partial charge in [-0.15, -0.1) is 0 Å². The Hall–Kier alpha value is -1.34. The van der Waals surface area contributed by atoms with Gasteiger partial charge in [0.2, 0.25) is 10.0 Å². The lowest BCUT2D eigenvalue weighted by atomic mass is 10.2. The number of primary sulfonamides is 1. The third-order valence-corrected chi connectivity index (χ3v) is 3.83. The highest BCUT2D eigenvalue weighted by Gasteiger charge is 2.16. The fraction of sp³-hybridized carbons (Fsp3) is 0.0833. The molecule has 0 bridgehead atoms. The molecule has 1 aromatic heterocycles. The van der Waals surface area contributed by atoms with E-state index < -0.39 is 10.0 Å². The zero-order valence-corrected chi connectivity index (χ0v) is 12.4. The van der Waals surface area contributed by atoms with Crippen LogP contribution in [0.4, 0.5) is 0 Å². The van der Waals surface area contributed by atoms with Crippen LogP contribution >= 0.6 is 23.2 Å². The standard InChI is InChI=1S/C12H10Cl2N2O3S/c13-6-1-7-19-9-3-4-10(20(15,17)18)8-2-5-11(14)16-12(8)9/h1-6H,7H2,(H2,15,17,18)/b6-1+. The minimum absolute atomic E-state index is 0.0306. The van der Waals surface area contributed by atoms with Crippen LogP contribution in [-0.2, 0) is 10.0 Å². The second-order valence-electron chi connectivity index (χ2n) is 3.81. The van der Waals surface area contributed by atoms with E-state index in [-0.39, 0.29) is 16.7 Å². The topological polar surface area (TPSA) is 82.3 Å². The summed E-state index contributed by atoms with van der Waals surface area (Å²) in [5.41, 5.74) is 1.65. The molecule has 0 spiro atoms. The first-order chi connectivity index (χ1) is 9.43. The highest BCUT2D eigenvalue weighted by atomic mass is 35.5. The summed E-state index contributed by atoms with van der Waals surface area (Å²) < 4.78 is 28.6. The van der Waals surface area contributed by atoms with Gasteiger partial charge in [-0.25, -0.2) is 18.5 Å². The van der Waals surface area contributed by atoms with E-state index in [0.29, 0.717) is 16.7 Å². The number of ether oxygens (including phenoxy) is 1. The molecular formula is C12H10Cl2N2O3S. The Bertz CT molecular complexity index is 776. The van der Waals surface area contributed by atoms with Crippen LogP contribution in [0.1, 0.15) is 0 Å². The normalized spacial score (nSPS) is 12.2. The number of halogens is 2. The molecule has 20 heavy (non-hydrogen) atoms. The summed E-state index contributed by atoms with van der Waals surface area (Å²) >= 11 is 11.2. The molecule has 8 heteroatoms. The van der Waals surface area contributed by atoms with Crippen molar-refractivity contribution in [2.45, 2.75) is 4.90 Å². The molecule has 1 aromatic carbocycles. The lowest BCUT2D eigenvalue weighted by Gasteiger charge is -2.10. The van der Waals surface area contributed by atoms with Crippen molar-refractivity contribution in [3.8, 4) is 5.75 Å². The van der Waals surface area contributed by atoms with Crippen molar-refractivity contribution in [2.24, 2.45) is 5.14 Å². The first-order valence-electron chi connectivity index (χ1n) is 5.43. The van der Waals surface area contributed by atoms with Crippen LogP contribution < -0.4 is 9.88 Å². The molecule has 0 fully saturated rings. The molecule has 1 heterocycles. The first-order valence-corrected chi connectivity index (χ1v) is 7.79. The van der Waals surface area contributed by atoms with Crippen molar-refractivity contribution in [3.05, 3.63) is 41.0 Å². The van der Waals surface area contributed by atoms with Gasteiger partial charge in [-0.1, -0.05) is 23.2 Å². The van der Waals surface area contributed by atoms with Crippen molar-refractivity contribution in [1.82, 2.24) is 4.98 Å². The van der Waals surface area contributed by atoms with Gasteiger partial charge in [0.1, 0.15) is 23.0 Å². The third-order valence-electron chi connectivity index (χ3n) is 2.48. The molecule has 0 saturated heterocycles. The van der Waals surface area contributed by atoms with Gasteiger partial charge in [-0.2, -0.15) is 0 Å². The number of nitrogens with zero attached hydrogens (tertiary/aromatic N) is 1. The maximum absolute atomic E-state index is 11.6. The van der Waals surface area contributed by atoms with Crippen LogP contribution in [0.5, 0.6) is 5.75 Å². The molecule has 5 nitrogen and oxygen atoms in total. The van der Waals surface area contributed by atoms with E-state index >= 15 is 0 Å². The molecule has 0 atom stereocenters. The molecular weight excluding hydrogens is 323 g/mol. The van der Waals surface area contributed by atoms with Crippen molar-refractivity contribution < 1.29 is 13.2 Å². The predicted molar refractivity (Wildman–Crippen MR) is 78.6 cm³/mol. The first kappa shape index (κ1) is 15.1. The van der Waals surface area contributed by atoms with E-state index in [1.165, 1.54) is 29.8 Å². The largest absolute Gasteiger partial charge is 0.487 e. The lowest BCUT2D eigenvalue weighted by Crippen LogP contribution is -2.13. The number of fused-ring (bicyclic) bond motifs is 1. The van der Waals surface area contributed by atoms with E-state index in [0.717, 1.165) is 0 Å². The Labute approximate surface area is 126 Å². The summed E-state index contributed by atoms with van der Waals surface area (Å²) in [6.07, 6.45) is 1.59. The van der Waals surface area contributed by atoms with Crippen LogP contribution in [-0.4, -0.2) is 20.0 Å². The summed E-state index contributed by atoms with van der Waals surface area (Å²) in [5, 5.41) is 5.75. The monoisotopic (exact) mass is 332 g/mol. The summed E-state index contributed by atoms with van der Waals surface area (Å²) in [6, 6.07) is 5.87. The van der Waals surface area contributed by atoms with Crippen molar-refractivity contribution in [2.75, 3.05) is 6.61 Å². The quantitative estimate of drug-likeness (QED) is 0.872. The zero-order valence-electron chi connectivity index (χ0n) is 10.1. The van der Waals surface area contributed by atoms with Gasteiger partial charge in [-0.05, 0) is 30.3 Å². The maximum Gasteiger partial charge on any atom is 0.238 e. The molecule has 0 amide bonds. The molecule has 0 aliphatic rings. The van der Waals surface area contributed by atoms with Crippen LogP contribution in [0, 0.1) is 0 Å². The van der Waals surface area contributed by atoms with Crippen LogP contribution in [0.2, 0.25) is 5.15 Å². The molecule has 0 aliphatic carbocycles. The van der Waals surface area contributed by atoms with Gasteiger partial charge < -0.3 is 4.74 Å². The van der Waals surface area contributed by atoms with Gasteiger partial charge in [-0.3, -0.25) is 0 Å². The van der Waals surface area contributed by atoms with E-state index in [2.05, 4.69) is 4.98 Å². The zero-order chi connectivity index (χ0) is 14.8. The van der Waals surface area contributed by atoms with Gasteiger partial charge in [0.25, 0.3) is 0 Å². The maximum atomic E-state index is 11.6. The number of aromatic nitrogens is 1. The van der Waals surface area contributed by atoms with E-state index in [1.807, 2.05) is 0 Å². The smallest absolute Gasteiger partial charge is 0.238 e. The molecule has 0 radical (unpaired) electrons. The molecule has 0 aliphatic heterocycles. The van der Waals surface area contributed by atoms with Gasteiger partial charge >= 0.3 is 0 Å². The van der Waals surface area contributed by atoms with E-state index in [1.54, 1.807) is 6.08 Å². The SMILES string of the molecule is NS(=O)(=O)c1ccc(OC/C=C/Cl)c2nc(Cl)ccc12. The summed E-state index contributed by atoms with van der Waals surface area (Å²) in [7, 11) is -3.86. The molecule has 0 saturated carbocycles. The highest BCUT2D eigenvalue weighted by Crippen LogP contribution is 2.30. The highest BCUT2D eigenvalue weighted by molar-refractivity contribution is 7.89. The van der Waals surface area contributed by atoms with Crippen molar-refractivity contribution in [3.63, 3.8) is 0 Å². The van der Waals surface area contributed by atoms with Gasteiger partial charge in [0, 0.05) is 10.9 Å². The van der Waals surface area contributed by atoms with Crippen molar-refractivity contribution in [1.29, 1.82) is 0 Å². The molecule has 2 rings (SSSR count). The van der Waals surface area contributed by atoms with Gasteiger partial charge in [0.05, 0.1) is 4.90 Å². The fourth-order valence-electron chi connectivity index (χ4n) is 1.68. The predicted octanol–water partition coefficient (Wildman–Crippen LogP) is 2.67. The number of sulfonamides is 1. The Morgan fingerprint density at radius 2 is 2.05 bits per heavy atom. The second kappa shape index (κ2) is 5.97. The number of pyridine rings is 1. The second-order valence-corrected chi connectivity index (χ2v) is 5.98. The number of hydrogen-bond acceptors (Lipinski definition) is 4. The molecule has 2 aromatic rings. The number of rotatable bonds is 4. The Kier molecular flexibility index (Phi) is 4.49. The fourth-order valence-corrected chi connectivity index (χ4v) is 2.63. The third kappa shape index (κ3) is 3.21. The Balaban J connectivity index is 2.65. The summed E-state index contributed by atoms with van der Waals surface area (Å²) in [5.74, 6) is 0.393.